The number of anilines is 1. The lowest BCUT2D eigenvalue weighted by Gasteiger charge is -2.17. The van der Waals surface area contributed by atoms with Crippen LogP contribution in [0.2, 0.25) is 0 Å². The van der Waals surface area contributed by atoms with Gasteiger partial charge in [-0.25, -0.2) is 0 Å². The van der Waals surface area contributed by atoms with Gasteiger partial charge in [0.1, 0.15) is 0 Å². The SMILES string of the molecule is CC.O=C(O)CC1=CSc2cc([N+](=O)[O-])ccc2N1. The predicted molar refractivity (Wildman–Crippen MR) is 74.3 cm³/mol. The fourth-order valence-corrected chi connectivity index (χ4v) is 2.26. The summed E-state index contributed by atoms with van der Waals surface area (Å²) < 4.78 is 0. The summed E-state index contributed by atoms with van der Waals surface area (Å²) in [6, 6.07) is 4.42. The molecule has 1 aromatic rings. The first kappa shape index (κ1) is 15.0. The number of nitro groups is 1. The molecule has 0 unspecified atom stereocenters. The molecule has 0 saturated heterocycles. The Morgan fingerprint density at radius 3 is 2.74 bits per heavy atom. The van der Waals surface area contributed by atoms with E-state index in [1.54, 1.807) is 11.5 Å². The van der Waals surface area contributed by atoms with Crippen molar-refractivity contribution in [3.63, 3.8) is 0 Å². The standard InChI is InChI=1S/C10H8N2O4S.C2H6/c13-10(14)3-6-5-17-9-4-7(12(15)16)1-2-8(9)11-6;1-2/h1-2,4-5,11H,3H2,(H,13,14);1-2H3. The van der Waals surface area contributed by atoms with Gasteiger partial charge in [0.05, 0.1) is 17.0 Å². The molecule has 0 radical (unpaired) electrons. The van der Waals surface area contributed by atoms with Crippen LogP contribution in [0.5, 0.6) is 0 Å². The molecule has 19 heavy (non-hydrogen) atoms. The number of carboxylic acid groups (broad SMARTS) is 1. The van der Waals surface area contributed by atoms with Crippen molar-refractivity contribution in [3.05, 3.63) is 39.4 Å². The van der Waals surface area contributed by atoms with Crippen LogP contribution in [0.4, 0.5) is 11.4 Å². The number of nitro benzene ring substituents is 1. The highest BCUT2D eigenvalue weighted by Gasteiger charge is 2.16. The number of non-ortho nitro benzene ring substituents is 1. The minimum atomic E-state index is -0.922. The number of aliphatic carboxylic acids is 1. The van der Waals surface area contributed by atoms with Crippen molar-refractivity contribution in [2.24, 2.45) is 0 Å². The van der Waals surface area contributed by atoms with Crippen molar-refractivity contribution in [1.82, 2.24) is 0 Å². The van der Waals surface area contributed by atoms with Gasteiger partial charge in [0.15, 0.2) is 0 Å². The number of rotatable bonds is 3. The summed E-state index contributed by atoms with van der Waals surface area (Å²) in [6.07, 6.45) is -0.0938. The van der Waals surface area contributed by atoms with Crippen LogP contribution in [-0.4, -0.2) is 16.0 Å². The fraction of sp³-hybridized carbons (Fsp3) is 0.250. The number of nitrogens with zero attached hydrogens (tertiary/aromatic N) is 1. The van der Waals surface area contributed by atoms with E-state index in [0.717, 1.165) is 0 Å². The normalized spacial score (nSPS) is 12.2. The number of fused-ring (bicyclic) bond motifs is 1. The van der Waals surface area contributed by atoms with E-state index >= 15 is 0 Å². The zero-order valence-corrected chi connectivity index (χ0v) is 11.4. The maximum atomic E-state index is 10.6. The second-order valence-electron chi connectivity index (χ2n) is 3.39. The summed E-state index contributed by atoms with van der Waals surface area (Å²) in [5.74, 6) is -0.922. The van der Waals surface area contributed by atoms with E-state index in [2.05, 4.69) is 5.32 Å². The Labute approximate surface area is 114 Å². The average molecular weight is 282 g/mol. The fourth-order valence-electron chi connectivity index (χ4n) is 1.41. The number of hydrogen-bond donors (Lipinski definition) is 2. The molecular weight excluding hydrogens is 268 g/mol. The molecule has 2 rings (SSSR count). The van der Waals surface area contributed by atoms with E-state index in [9.17, 15) is 14.9 Å². The molecule has 102 valence electrons. The minimum absolute atomic E-state index is 0.0214. The van der Waals surface area contributed by atoms with Gasteiger partial charge in [-0.05, 0) is 11.5 Å². The first-order chi connectivity index (χ1) is 9.06. The quantitative estimate of drug-likeness (QED) is 0.651. The Hall–Kier alpha value is -2.02. The molecule has 0 saturated carbocycles. The van der Waals surface area contributed by atoms with Gasteiger partial charge < -0.3 is 10.4 Å². The Morgan fingerprint density at radius 2 is 2.16 bits per heavy atom. The average Bonchev–Trinajstić information content (AvgIpc) is 2.39. The Kier molecular flexibility index (Phi) is 5.37. The maximum Gasteiger partial charge on any atom is 0.309 e. The largest absolute Gasteiger partial charge is 0.481 e. The smallest absolute Gasteiger partial charge is 0.309 e. The third-order valence-corrected chi connectivity index (χ3v) is 3.14. The summed E-state index contributed by atoms with van der Waals surface area (Å²) in [5, 5.41) is 23.8. The van der Waals surface area contributed by atoms with Crippen LogP contribution in [0.25, 0.3) is 0 Å². The zero-order valence-electron chi connectivity index (χ0n) is 10.5. The summed E-state index contributed by atoms with van der Waals surface area (Å²) >= 11 is 1.28. The lowest BCUT2D eigenvalue weighted by molar-refractivity contribution is -0.385. The van der Waals surface area contributed by atoms with Gasteiger partial charge in [0.25, 0.3) is 5.69 Å². The molecule has 0 bridgehead atoms. The topological polar surface area (TPSA) is 92.5 Å². The van der Waals surface area contributed by atoms with Crippen LogP contribution in [0.1, 0.15) is 20.3 Å². The van der Waals surface area contributed by atoms with E-state index in [1.807, 2.05) is 13.8 Å². The molecule has 0 amide bonds. The van der Waals surface area contributed by atoms with Gasteiger partial charge in [0, 0.05) is 22.7 Å². The van der Waals surface area contributed by atoms with Crippen molar-refractivity contribution < 1.29 is 14.8 Å². The van der Waals surface area contributed by atoms with Crippen LogP contribution in [0.15, 0.2) is 34.2 Å². The monoisotopic (exact) mass is 282 g/mol. The highest BCUT2D eigenvalue weighted by Crippen LogP contribution is 2.37. The molecule has 7 heteroatoms. The van der Waals surface area contributed by atoms with Crippen LogP contribution < -0.4 is 5.32 Å². The molecule has 2 N–H and O–H groups in total. The van der Waals surface area contributed by atoms with Gasteiger partial charge in [0.2, 0.25) is 0 Å². The second kappa shape index (κ2) is 6.79. The molecule has 0 aliphatic carbocycles. The highest BCUT2D eigenvalue weighted by molar-refractivity contribution is 8.02. The third-order valence-electron chi connectivity index (χ3n) is 2.14. The van der Waals surface area contributed by atoms with Crippen LogP contribution in [-0.2, 0) is 4.79 Å². The molecule has 0 spiro atoms. The van der Waals surface area contributed by atoms with Crippen LogP contribution in [0, 0.1) is 10.1 Å². The van der Waals surface area contributed by atoms with E-state index in [1.165, 1.54) is 23.9 Å². The highest BCUT2D eigenvalue weighted by atomic mass is 32.2. The third kappa shape index (κ3) is 3.99. The minimum Gasteiger partial charge on any atom is -0.481 e. The zero-order chi connectivity index (χ0) is 14.4. The molecular formula is C12H14N2O4S. The Morgan fingerprint density at radius 1 is 1.47 bits per heavy atom. The molecule has 1 heterocycles. The summed E-state index contributed by atoms with van der Waals surface area (Å²) in [5.41, 5.74) is 1.29. The second-order valence-corrected chi connectivity index (χ2v) is 4.31. The van der Waals surface area contributed by atoms with Gasteiger partial charge in [-0.2, -0.15) is 0 Å². The molecule has 0 atom stereocenters. The maximum absolute atomic E-state index is 10.6. The van der Waals surface area contributed by atoms with Crippen molar-refractivity contribution >= 4 is 29.1 Å². The van der Waals surface area contributed by atoms with Crippen LogP contribution in [0.3, 0.4) is 0 Å². The lowest BCUT2D eigenvalue weighted by atomic mass is 10.2. The molecule has 1 aromatic carbocycles. The first-order valence-corrected chi connectivity index (χ1v) is 6.57. The van der Waals surface area contributed by atoms with E-state index in [4.69, 9.17) is 5.11 Å². The first-order valence-electron chi connectivity index (χ1n) is 5.69. The lowest BCUT2D eigenvalue weighted by Crippen LogP contribution is -2.08. The number of hydrogen-bond acceptors (Lipinski definition) is 5. The van der Waals surface area contributed by atoms with Crippen LogP contribution >= 0.6 is 11.8 Å². The number of carbonyl (C=O) groups is 1. The van der Waals surface area contributed by atoms with Crippen molar-refractivity contribution in [1.29, 1.82) is 0 Å². The van der Waals surface area contributed by atoms with Crippen molar-refractivity contribution in [2.75, 3.05) is 5.32 Å². The number of thioether (sulfide) groups is 1. The number of nitrogens with one attached hydrogen (secondary N) is 1. The molecule has 0 fully saturated rings. The molecule has 0 aromatic heterocycles. The molecule has 1 aliphatic rings. The van der Waals surface area contributed by atoms with Gasteiger partial charge in [-0.1, -0.05) is 25.6 Å². The summed E-state index contributed by atoms with van der Waals surface area (Å²) in [4.78, 5) is 21.4. The summed E-state index contributed by atoms with van der Waals surface area (Å²) in [6.45, 7) is 4.00. The predicted octanol–water partition coefficient (Wildman–Crippen LogP) is 3.45. The van der Waals surface area contributed by atoms with E-state index < -0.39 is 10.9 Å². The van der Waals surface area contributed by atoms with Gasteiger partial charge >= 0.3 is 5.97 Å². The number of carboxylic acids is 1. The van der Waals surface area contributed by atoms with E-state index in [-0.39, 0.29) is 12.1 Å². The molecule has 1 aliphatic heterocycles. The number of benzene rings is 1. The van der Waals surface area contributed by atoms with Crippen molar-refractivity contribution in [3.8, 4) is 0 Å². The molecule has 6 nitrogen and oxygen atoms in total. The van der Waals surface area contributed by atoms with Crippen molar-refractivity contribution in [2.45, 2.75) is 25.2 Å². The Balaban J connectivity index is 0.000000861. The summed E-state index contributed by atoms with van der Waals surface area (Å²) in [7, 11) is 0. The van der Waals surface area contributed by atoms with E-state index in [0.29, 0.717) is 16.3 Å². The Bertz CT molecular complexity index is 528. The van der Waals surface area contributed by atoms with Gasteiger partial charge in [-0.3, -0.25) is 14.9 Å². The van der Waals surface area contributed by atoms with Gasteiger partial charge in [-0.15, -0.1) is 0 Å².